The molecule has 2 aromatic carbocycles. The van der Waals surface area contributed by atoms with Crippen LogP contribution in [-0.2, 0) is 12.6 Å². The van der Waals surface area contributed by atoms with Crippen molar-refractivity contribution in [2.75, 3.05) is 31.1 Å². The fourth-order valence-electron chi connectivity index (χ4n) is 4.15. The highest BCUT2D eigenvalue weighted by atomic mass is 35.5. The van der Waals surface area contributed by atoms with E-state index in [1.807, 2.05) is 38.1 Å². The van der Waals surface area contributed by atoms with Crippen molar-refractivity contribution in [3.05, 3.63) is 87.3 Å². The molecule has 5 nitrogen and oxygen atoms in total. The van der Waals surface area contributed by atoms with E-state index in [4.69, 9.17) is 16.6 Å². The van der Waals surface area contributed by atoms with Crippen LogP contribution in [0.1, 0.15) is 38.6 Å². The molecule has 0 atom stereocenters. The summed E-state index contributed by atoms with van der Waals surface area (Å²) in [4.78, 5) is 25.8. The number of anilines is 1. The van der Waals surface area contributed by atoms with Crippen LogP contribution in [0, 0.1) is 13.8 Å². The van der Waals surface area contributed by atoms with Crippen molar-refractivity contribution in [1.29, 1.82) is 0 Å². The topological polar surface area (TPSA) is 49.3 Å². The number of alkyl halides is 3. The van der Waals surface area contributed by atoms with Crippen molar-refractivity contribution < 1.29 is 18.0 Å². The Morgan fingerprint density at radius 2 is 1.71 bits per heavy atom. The molecule has 1 aliphatic rings. The largest absolute Gasteiger partial charge is 0.416 e. The first-order valence-electron chi connectivity index (χ1n) is 10.9. The zero-order valence-corrected chi connectivity index (χ0v) is 19.6. The lowest BCUT2D eigenvalue weighted by Crippen LogP contribution is -2.49. The molecule has 1 saturated heterocycles. The van der Waals surface area contributed by atoms with E-state index in [1.54, 1.807) is 4.90 Å². The molecule has 0 saturated carbocycles. The van der Waals surface area contributed by atoms with Crippen LogP contribution in [-0.4, -0.2) is 47.0 Å². The van der Waals surface area contributed by atoms with E-state index in [-0.39, 0.29) is 5.56 Å². The highest BCUT2D eigenvalue weighted by Crippen LogP contribution is 2.30. The number of hydrogen-bond donors (Lipinski definition) is 0. The first-order chi connectivity index (χ1) is 16.1. The second-order valence-corrected chi connectivity index (χ2v) is 8.69. The lowest BCUT2D eigenvalue weighted by molar-refractivity contribution is -0.137. The predicted octanol–water partition coefficient (Wildman–Crippen LogP) is 5.32. The number of halogens is 4. The van der Waals surface area contributed by atoms with Gasteiger partial charge >= 0.3 is 6.18 Å². The number of nitrogens with zero attached hydrogens (tertiary/aromatic N) is 4. The Hall–Kier alpha value is -3.13. The van der Waals surface area contributed by atoms with Crippen LogP contribution < -0.4 is 4.90 Å². The van der Waals surface area contributed by atoms with Crippen molar-refractivity contribution in [2.45, 2.75) is 26.4 Å². The Bertz CT molecular complexity index is 1210. The number of piperazine rings is 1. The van der Waals surface area contributed by atoms with E-state index in [9.17, 15) is 18.0 Å². The van der Waals surface area contributed by atoms with Crippen LogP contribution in [0.25, 0.3) is 0 Å². The van der Waals surface area contributed by atoms with Crippen molar-refractivity contribution >= 4 is 23.3 Å². The lowest BCUT2D eigenvalue weighted by Gasteiger charge is -2.36. The Balaban J connectivity index is 1.52. The van der Waals surface area contributed by atoms with Gasteiger partial charge in [-0.1, -0.05) is 35.9 Å². The average molecular weight is 489 g/mol. The molecule has 0 spiro atoms. The smallest absolute Gasteiger partial charge is 0.353 e. The zero-order valence-electron chi connectivity index (χ0n) is 18.9. The van der Waals surface area contributed by atoms with Gasteiger partial charge in [-0.25, -0.2) is 9.97 Å². The zero-order chi connectivity index (χ0) is 24.5. The molecule has 0 bridgehead atoms. The monoisotopic (exact) mass is 488 g/mol. The molecule has 0 unspecified atom stereocenters. The molecule has 0 radical (unpaired) electrons. The number of benzene rings is 2. The van der Waals surface area contributed by atoms with E-state index in [0.29, 0.717) is 43.4 Å². The number of hydrogen-bond acceptors (Lipinski definition) is 4. The number of aromatic nitrogens is 2. The fraction of sp³-hybridized carbons (Fsp3) is 0.320. The van der Waals surface area contributed by atoms with Gasteiger partial charge in [-0.2, -0.15) is 13.2 Å². The van der Waals surface area contributed by atoms with Gasteiger partial charge in [-0.15, -0.1) is 0 Å². The van der Waals surface area contributed by atoms with E-state index < -0.39 is 17.6 Å². The highest BCUT2D eigenvalue weighted by molar-refractivity contribution is 6.31. The maximum atomic E-state index is 13.0. The number of carbonyl (C=O) groups is 1. The van der Waals surface area contributed by atoms with Crippen LogP contribution in [0.15, 0.2) is 48.5 Å². The molecule has 3 aromatic rings. The van der Waals surface area contributed by atoms with Crippen molar-refractivity contribution in [1.82, 2.24) is 14.9 Å². The number of carbonyl (C=O) groups excluding carboxylic acids is 1. The normalized spacial score (nSPS) is 14.4. The number of aryl methyl sites for hydroxylation is 2. The van der Waals surface area contributed by atoms with Gasteiger partial charge in [0.1, 0.15) is 11.6 Å². The maximum absolute atomic E-state index is 13.0. The molecule has 0 N–H and O–H groups in total. The third kappa shape index (κ3) is 5.17. The van der Waals surface area contributed by atoms with E-state index in [0.717, 1.165) is 34.8 Å². The first-order valence-corrected chi connectivity index (χ1v) is 11.3. The Morgan fingerprint density at radius 1 is 1.00 bits per heavy atom. The summed E-state index contributed by atoms with van der Waals surface area (Å²) in [5, 5.41) is 0.671. The van der Waals surface area contributed by atoms with Crippen molar-refractivity contribution in [2.24, 2.45) is 0 Å². The molecule has 4 rings (SSSR count). The van der Waals surface area contributed by atoms with E-state index >= 15 is 0 Å². The van der Waals surface area contributed by atoms with Crippen LogP contribution in [0.4, 0.5) is 19.0 Å². The molecule has 1 aromatic heterocycles. The quantitative estimate of drug-likeness (QED) is 0.499. The van der Waals surface area contributed by atoms with Crippen LogP contribution in [0.2, 0.25) is 5.02 Å². The van der Waals surface area contributed by atoms with Crippen molar-refractivity contribution in [3.63, 3.8) is 0 Å². The SMILES string of the molecule is Cc1nc(C)c(Cc2ccccc2Cl)c(N2CCN(C(=O)c3cccc(C(F)(F)F)c3)CC2)n1. The first kappa shape index (κ1) is 24.0. The number of rotatable bonds is 4. The maximum Gasteiger partial charge on any atom is 0.416 e. The van der Waals surface area contributed by atoms with Crippen molar-refractivity contribution in [3.8, 4) is 0 Å². The molecule has 1 aliphatic heterocycles. The summed E-state index contributed by atoms with van der Waals surface area (Å²) in [5.41, 5.74) is 2.02. The molecule has 1 fully saturated rings. The van der Waals surface area contributed by atoms with Gasteiger partial charge in [-0.3, -0.25) is 4.79 Å². The molecular formula is C25H24ClF3N4O. The molecule has 9 heteroatoms. The van der Waals surface area contributed by atoms with Gasteiger partial charge < -0.3 is 9.80 Å². The number of amides is 1. The van der Waals surface area contributed by atoms with E-state index in [2.05, 4.69) is 9.88 Å². The summed E-state index contributed by atoms with van der Waals surface area (Å²) in [7, 11) is 0. The van der Waals surface area contributed by atoms with Crippen LogP contribution in [0.5, 0.6) is 0 Å². The predicted molar refractivity (Wildman–Crippen MR) is 125 cm³/mol. The third-order valence-electron chi connectivity index (χ3n) is 5.93. The van der Waals surface area contributed by atoms with Crippen LogP contribution >= 0.6 is 11.6 Å². The Labute approximate surface area is 201 Å². The van der Waals surface area contributed by atoms with Crippen LogP contribution in [0.3, 0.4) is 0 Å². The minimum Gasteiger partial charge on any atom is -0.353 e. The molecule has 2 heterocycles. The minimum absolute atomic E-state index is 0.0383. The Morgan fingerprint density at radius 3 is 2.38 bits per heavy atom. The molecule has 0 aliphatic carbocycles. The Kier molecular flexibility index (Phi) is 6.79. The summed E-state index contributed by atoms with van der Waals surface area (Å²) in [6, 6.07) is 12.2. The highest BCUT2D eigenvalue weighted by Gasteiger charge is 2.32. The molecule has 178 valence electrons. The second-order valence-electron chi connectivity index (χ2n) is 8.28. The summed E-state index contributed by atoms with van der Waals surface area (Å²) in [5.74, 6) is 1.05. The average Bonchev–Trinajstić information content (AvgIpc) is 2.81. The summed E-state index contributed by atoms with van der Waals surface area (Å²) in [6.07, 6.45) is -3.92. The summed E-state index contributed by atoms with van der Waals surface area (Å²) in [6.45, 7) is 5.55. The van der Waals surface area contributed by atoms with E-state index in [1.165, 1.54) is 12.1 Å². The minimum atomic E-state index is -4.49. The fourth-order valence-corrected chi connectivity index (χ4v) is 4.35. The van der Waals surface area contributed by atoms with Gasteiger partial charge in [-0.05, 0) is 43.7 Å². The van der Waals surface area contributed by atoms with Gasteiger partial charge in [0.2, 0.25) is 0 Å². The van der Waals surface area contributed by atoms with Gasteiger partial charge in [0, 0.05) is 54.4 Å². The lowest BCUT2D eigenvalue weighted by atomic mass is 10.0. The van der Waals surface area contributed by atoms with Gasteiger partial charge in [0.05, 0.1) is 5.56 Å². The standard InChI is InChI=1S/C25H24ClF3N4O/c1-16-21(15-18-6-3-4-9-22(18)26)23(31-17(2)30-16)32-10-12-33(13-11-32)24(34)19-7-5-8-20(14-19)25(27,28)29/h3-9,14H,10-13,15H2,1-2H3. The molecular weight excluding hydrogens is 465 g/mol. The molecule has 1 amide bonds. The second kappa shape index (κ2) is 9.62. The summed E-state index contributed by atoms with van der Waals surface area (Å²) < 4.78 is 39.1. The third-order valence-corrected chi connectivity index (χ3v) is 6.30. The summed E-state index contributed by atoms with van der Waals surface area (Å²) >= 11 is 6.38. The van der Waals surface area contributed by atoms with Gasteiger partial charge in [0.15, 0.2) is 0 Å². The van der Waals surface area contributed by atoms with Gasteiger partial charge in [0.25, 0.3) is 5.91 Å². The molecule has 34 heavy (non-hydrogen) atoms.